The van der Waals surface area contributed by atoms with Gasteiger partial charge in [0.2, 0.25) is 0 Å². The molecule has 1 aliphatic carbocycles. The lowest BCUT2D eigenvalue weighted by atomic mass is 9.66. The van der Waals surface area contributed by atoms with E-state index in [1.807, 2.05) is 31.2 Å². The van der Waals surface area contributed by atoms with E-state index in [9.17, 15) is 9.90 Å². The Morgan fingerprint density at radius 3 is 2.88 bits per heavy atom. The summed E-state index contributed by atoms with van der Waals surface area (Å²) in [5.41, 5.74) is 0.266. The number of ether oxygens (including phenoxy) is 2. The molecule has 2 fully saturated rings. The molecule has 1 aromatic carbocycles. The number of benzene rings is 1. The number of methoxy groups -OCH3 is 1. The van der Waals surface area contributed by atoms with Gasteiger partial charge in [-0.15, -0.1) is 0 Å². The predicted octanol–water partition coefficient (Wildman–Crippen LogP) is 3.52. The van der Waals surface area contributed by atoms with Crippen molar-refractivity contribution in [3.63, 3.8) is 0 Å². The SMILES string of the molecule is CCOc1ccccc1C1C2CCCCC2(O)CCN1C(=O)OC. The molecule has 1 saturated heterocycles. The van der Waals surface area contributed by atoms with Crippen LogP contribution in [-0.2, 0) is 4.74 Å². The molecule has 5 heteroatoms. The molecule has 3 unspecified atom stereocenters. The molecule has 1 aliphatic heterocycles. The van der Waals surface area contributed by atoms with Crippen LogP contribution in [0.5, 0.6) is 5.75 Å². The van der Waals surface area contributed by atoms with Gasteiger partial charge in [-0.3, -0.25) is 0 Å². The number of rotatable bonds is 3. The van der Waals surface area contributed by atoms with Crippen LogP contribution in [0, 0.1) is 5.92 Å². The minimum Gasteiger partial charge on any atom is -0.494 e. The van der Waals surface area contributed by atoms with Gasteiger partial charge in [-0.25, -0.2) is 4.79 Å². The summed E-state index contributed by atoms with van der Waals surface area (Å²) in [6.07, 6.45) is 4.12. The number of para-hydroxylation sites is 1. The molecule has 132 valence electrons. The maximum absolute atomic E-state index is 12.4. The van der Waals surface area contributed by atoms with Crippen molar-refractivity contribution < 1.29 is 19.4 Å². The quantitative estimate of drug-likeness (QED) is 0.919. The molecule has 0 radical (unpaired) electrons. The number of aliphatic hydroxyl groups is 1. The van der Waals surface area contributed by atoms with E-state index < -0.39 is 5.60 Å². The Hall–Kier alpha value is -1.75. The van der Waals surface area contributed by atoms with Crippen molar-refractivity contribution in [1.82, 2.24) is 4.90 Å². The lowest BCUT2D eigenvalue weighted by Gasteiger charge is -2.52. The van der Waals surface area contributed by atoms with Crippen LogP contribution in [0.3, 0.4) is 0 Å². The van der Waals surface area contributed by atoms with E-state index in [4.69, 9.17) is 9.47 Å². The average Bonchev–Trinajstić information content (AvgIpc) is 2.60. The summed E-state index contributed by atoms with van der Waals surface area (Å²) in [6, 6.07) is 7.63. The van der Waals surface area contributed by atoms with Crippen molar-refractivity contribution in [1.29, 1.82) is 0 Å². The van der Waals surface area contributed by atoms with Gasteiger partial charge in [0, 0.05) is 18.0 Å². The highest BCUT2D eigenvalue weighted by Crippen LogP contribution is 2.50. The van der Waals surface area contributed by atoms with Crippen molar-refractivity contribution >= 4 is 6.09 Å². The van der Waals surface area contributed by atoms with Gasteiger partial charge in [0.15, 0.2) is 0 Å². The van der Waals surface area contributed by atoms with Gasteiger partial charge < -0.3 is 19.5 Å². The van der Waals surface area contributed by atoms with Crippen LogP contribution >= 0.6 is 0 Å². The summed E-state index contributed by atoms with van der Waals surface area (Å²) in [7, 11) is 1.41. The topological polar surface area (TPSA) is 59.0 Å². The number of carbonyl (C=O) groups excluding carboxylic acids is 1. The molecule has 24 heavy (non-hydrogen) atoms. The molecule has 5 nitrogen and oxygen atoms in total. The van der Waals surface area contributed by atoms with Crippen molar-refractivity contribution in [2.24, 2.45) is 5.92 Å². The molecular weight excluding hydrogens is 306 g/mol. The fraction of sp³-hybridized carbons (Fsp3) is 0.632. The summed E-state index contributed by atoms with van der Waals surface area (Å²) in [6.45, 7) is 3.02. The Kier molecular flexibility index (Phi) is 4.99. The smallest absolute Gasteiger partial charge is 0.410 e. The summed E-state index contributed by atoms with van der Waals surface area (Å²) < 4.78 is 10.8. The molecule has 1 amide bonds. The largest absolute Gasteiger partial charge is 0.494 e. The third kappa shape index (κ3) is 2.97. The van der Waals surface area contributed by atoms with E-state index in [-0.39, 0.29) is 18.1 Å². The first-order chi connectivity index (χ1) is 11.6. The van der Waals surface area contributed by atoms with Crippen molar-refractivity contribution in [3.8, 4) is 5.75 Å². The van der Waals surface area contributed by atoms with Crippen LogP contribution in [0.15, 0.2) is 24.3 Å². The highest BCUT2D eigenvalue weighted by atomic mass is 16.5. The number of fused-ring (bicyclic) bond motifs is 1. The Morgan fingerprint density at radius 2 is 2.12 bits per heavy atom. The van der Waals surface area contributed by atoms with Crippen LogP contribution in [0.4, 0.5) is 4.79 Å². The normalized spacial score (nSPS) is 29.7. The number of hydrogen-bond acceptors (Lipinski definition) is 4. The molecule has 2 aliphatic rings. The lowest BCUT2D eigenvalue weighted by Crippen LogP contribution is -2.56. The Morgan fingerprint density at radius 1 is 1.33 bits per heavy atom. The second-order valence-corrected chi connectivity index (χ2v) is 6.78. The fourth-order valence-corrected chi connectivity index (χ4v) is 4.40. The minimum atomic E-state index is -0.702. The standard InChI is InChI=1S/C19H27NO4/c1-3-24-16-10-5-4-8-14(16)17-15-9-6-7-11-19(15,22)12-13-20(17)18(21)23-2/h4-5,8,10,15,17,22H,3,6-7,9,11-13H2,1-2H3. The number of nitrogens with zero attached hydrogens (tertiary/aromatic N) is 1. The number of hydrogen-bond donors (Lipinski definition) is 1. The first-order valence-corrected chi connectivity index (χ1v) is 8.89. The molecule has 1 N–H and O–H groups in total. The third-order valence-corrected chi connectivity index (χ3v) is 5.51. The van der Waals surface area contributed by atoms with Crippen molar-refractivity contribution in [3.05, 3.63) is 29.8 Å². The Balaban J connectivity index is 2.05. The van der Waals surface area contributed by atoms with E-state index >= 15 is 0 Å². The summed E-state index contributed by atoms with van der Waals surface area (Å²) in [5.74, 6) is 0.800. The van der Waals surface area contributed by atoms with Crippen LogP contribution in [-0.4, -0.2) is 42.0 Å². The Labute approximate surface area is 143 Å². The zero-order chi connectivity index (χ0) is 17.2. The lowest BCUT2D eigenvalue weighted by molar-refractivity contribution is -0.118. The predicted molar refractivity (Wildman–Crippen MR) is 91.0 cm³/mol. The molecule has 1 aromatic rings. The van der Waals surface area contributed by atoms with E-state index in [0.29, 0.717) is 19.6 Å². The summed E-state index contributed by atoms with van der Waals surface area (Å²) in [4.78, 5) is 14.1. The van der Waals surface area contributed by atoms with Gasteiger partial charge in [0.25, 0.3) is 0 Å². The summed E-state index contributed by atoms with van der Waals surface area (Å²) >= 11 is 0. The van der Waals surface area contributed by atoms with Gasteiger partial charge in [-0.1, -0.05) is 31.0 Å². The van der Waals surface area contributed by atoms with Crippen LogP contribution < -0.4 is 4.74 Å². The zero-order valence-electron chi connectivity index (χ0n) is 14.5. The van der Waals surface area contributed by atoms with E-state index in [0.717, 1.165) is 37.0 Å². The second kappa shape index (κ2) is 7.01. The van der Waals surface area contributed by atoms with Gasteiger partial charge >= 0.3 is 6.09 Å². The van der Waals surface area contributed by atoms with Gasteiger partial charge in [-0.2, -0.15) is 0 Å². The third-order valence-electron chi connectivity index (χ3n) is 5.51. The monoisotopic (exact) mass is 333 g/mol. The number of piperidine rings is 1. The first-order valence-electron chi connectivity index (χ1n) is 8.89. The molecule has 1 saturated carbocycles. The molecular formula is C19H27NO4. The summed E-state index contributed by atoms with van der Waals surface area (Å²) in [5, 5.41) is 11.2. The number of likely N-dealkylation sites (tertiary alicyclic amines) is 1. The number of carbonyl (C=O) groups is 1. The van der Waals surface area contributed by atoms with Gasteiger partial charge in [0.05, 0.1) is 25.4 Å². The number of amides is 1. The van der Waals surface area contributed by atoms with Crippen LogP contribution in [0.2, 0.25) is 0 Å². The molecule has 1 heterocycles. The van der Waals surface area contributed by atoms with Crippen LogP contribution in [0.1, 0.15) is 50.6 Å². The highest BCUT2D eigenvalue weighted by molar-refractivity contribution is 5.69. The van der Waals surface area contributed by atoms with Crippen molar-refractivity contribution in [2.45, 2.75) is 50.7 Å². The Bertz CT molecular complexity index is 590. The second-order valence-electron chi connectivity index (χ2n) is 6.78. The van der Waals surface area contributed by atoms with Crippen molar-refractivity contribution in [2.75, 3.05) is 20.3 Å². The maximum atomic E-state index is 12.4. The van der Waals surface area contributed by atoms with E-state index in [1.165, 1.54) is 7.11 Å². The van der Waals surface area contributed by atoms with E-state index in [1.54, 1.807) is 4.90 Å². The maximum Gasteiger partial charge on any atom is 0.410 e. The van der Waals surface area contributed by atoms with Crippen LogP contribution in [0.25, 0.3) is 0 Å². The molecule has 3 atom stereocenters. The van der Waals surface area contributed by atoms with Gasteiger partial charge in [0.1, 0.15) is 5.75 Å². The highest BCUT2D eigenvalue weighted by Gasteiger charge is 2.51. The molecule has 0 spiro atoms. The first kappa shape index (κ1) is 17.1. The van der Waals surface area contributed by atoms with E-state index in [2.05, 4.69) is 0 Å². The zero-order valence-corrected chi connectivity index (χ0v) is 14.5. The minimum absolute atomic E-state index is 0.0145. The fourth-order valence-electron chi connectivity index (χ4n) is 4.40. The molecule has 0 bridgehead atoms. The molecule has 0 aromatic heterocycles. The average molecular weight is 333 g/mol. The van der Waals surface area contributed by atoms with Gasteiger partial charge in [-0.05, 0) is 32.3 Å². The molecule has 3 rings (SSSR count).